The van der Waals surface area contributed by atoms with Crippen LogP contribution in [0.25, 0.3) is 0 Å². The van der Waals surface area contributed by atoms with Gasteiger partial charge in [0.1, 0.15) is 5.82 Å². The molecule has 0 spiro atoms. The van der Waals surface area contributed by atoms with Gasteiger partial charge in [-0.15, -0.1) is 0 Å². The number of carbonyl (C=O) groups excluding carboxylic acids is 3. The van der Waals surface area contributed by atoms with Crippen molar-refractivity contribution in [1.29, 1.82) is 0 Å². The zero-order valence-corrected chi connectivity index (χ0v) is 13.5. The predicted molar refractivity (Wildman–Crippen MR) is 85.6 cm³/mol. The number of urea groups is 1. The van der Waals surface area contributed by atoms with E-state index in [9.17, 15) is 18.8 Å². The van der Waals surface area contributed by atoms with Gasteiger partial charge >= 0.3 is 6.03 Å². The lowest BCUT2D eigenvalue weighted by molar-refractivity contribution is -0.118. The second-order valence-corrected chi connectivity index (χ2v) is 5.98. The number of halogens is 1. The number of hydrogen-bond acceptors (Lipinski definition) is 4. The summed E-state index contributed by atoms with van der Waals surface area (Å²) in [6, 6.07) is 3.30. The zero-order valence-electron chi connectivity index (χ0n) is 13.5. The van der Waals surface area contributed by atoms with E-state index in [-0.39, 0.29) is 18.1 Å². The molecule has 1 aromatic carbocycles. The van der Waals surface area contributed by atoms with E-state index in [2.05, 4.69) is 21.3 Å². The maximum Gasteiger partial charge on any atom is 0.321 e. The highest BCUT2D eigenvalue weighted by atomic mass is 19.1. The average molecular weight is 324 g/mol. The van der Waals surface area contributed by atoms with Crippen LogP contribution < -0.4 is 21.3 Å². The van der Waals surface area contributed by atoms with Crippen LogP contribution in [-0.2, 0) is 9.59 Å². The van der Waals surface area contributed by atoms with Gasteiger partial charge in [0.15, 0.2) is 0 Å². The van der Waals surface area contributed by atoms with Gasteiger partial charge in [-0.3, -0.25) is 14.9 Å². The molecule has 126 valence electrons. The summed E-state index contributed by atoms with van der Waals surface area (Å²) < 4.78 is 13.7. The molecule has 23 heavy (non-hydrogen) atoms. The van der Waals surface area contributed by atoms with Crippen LogP contribution in [0.2, 0.25) is 0 Å². The second-order valence-electron chi connectivity index (χ2n) is 5.98. The Morgan fingerprint density at radius 3 is 2.39 bits per heavy atom. The standard InChI is InChI=1S/C15H21FN4O3/c1-9(21)18-10-5-6-11(16)12(7-10)17-8-13(22)19-14(23)20-15(2,3)4/h5-7,17H,8H2,1-4H3,(H,18,21)(H2,19,20,22,23). The van der Waals surface area contributed by atoms with Gasteiger partial charge in [-0.1, -0.05) is 0 Å². The molecule has 0 saturated carbocycles. The van der Waals surface area contributed by atoms with Gasteiger partial charge in [0.2, 0.25) is 11.8 Å². The van der Waals surface area contributed by atoms with Crippen LogP contribution in [0.4, 0.5) is 20.6 Å². The van der Waals surface area contributed by atoms with Gasteiger partial charge in [0, 0.05) is 18.2 Å². The van der Waals surface area contributed by atoms with E-state index in [4.69, 9.17) is 0 Å². The lowest BCUT2D eigenvalue weighted by atomic mass is 10.1. The van der Waals surface area contributed by atoms with E-state index in [0.29, 0.717) is 5.69 Å². The van der Waals surface area contributed by atoms with Crippen molar-refractivity contribution in [2.45, 2.75) is 33.2 Å². The molecule has 0 saturated heterocycles. The summed E-state index contributed by atoms with van der Waals surface area (Å²) in [5.41, 5.74) is -0.0359. The number of benzene rings is 1. The van der Waals surface area contributed by atoms with Crippen molar-refractivity contribution in [2.24, 2.45) is 0 Å². The summed E-state index contributed by atoms with van der Waals surface area (Å²) in [6.07, 6.45) is 0. The maximum atomic E-state index is 13.7. The van der Waals surface area contributed by atoms with Gasteiger partial charge in [0.05, 0.1) is 12.2 Å². The van der Waals surface area contributed by atoms with Gasteiger partial charge in [0.25, 0.3) is 0 Å². The van der Waals surface area contributed by atoms with E-state index >= 15 is 0 Å². The minimum Gasteiger partial charge on any atom is -0.374 e. The third kappa shape index (κ3) is 7.25. The summed E-state index contributed by atoms with van der Waals surface area (Å²) in [5, 5.41) is 9.78. The van der Waals surface area contributed by atoms with Crippen LogP contribution in [0.1, 0.15) is 27.7 Å². The molecular weight excluding hydrogens is 303 g/mol. The third-order valence-corrected chi connectivity index (χ3v) is 2.47. The monoisotopic (exact) mass is 324 g/mol. The molecule has 0 atom stereocenters. The van der Waals surface area contributed by atoms with Crippen LogP contribution in [0.3, 0.4) is 0 Å². The molecule has 1 aromatic rings. The van der Waals surface area contributed by atoms with Crippen LogP contribution in [0.5, 0.6) is 0 Å². The van der Waals surface area contributed by atoms with E-state index in [1.54, 1.807) is 20.8 Å². The molecular formula is C15H21FN4O3. The molecule has 0 bridgehead atoms. The molecule has 8 heteroatoms. The number of imide groups is 1. The summed E-state index contributed by atoms with van der Waals surface area (Å²) in [5.74, 6) is -1.48. The lowest BCUT2D eigenvalue weighted by Gasteiger charge is -2.20. The van der Waals surface area contributed by atoms with E-state index < -0.39 is 23.3 Å². The molecule has 0 radical (unpaired) electrons. The van der Waals surface area contributed by atoms with Gasteiger partial charge < -0.3 is 16.0 Å². The summed E-state index contributed by atoms with van der Waals surface area (Å²) in [4.78, 5) is 34.2. The Morgan fingerprint density at radius 2 is 1.83 bits per heavy atom. The van der Waals surface area contributed by atoms with Gasteiger partial charge in [-0.25, -0.2) is 9.18 Å². The predicted octanol–water partition coefficient (Wildman–Crippen LogP) is 1.82. The van der Waals surface area contributed by atoms with Crippen LogP contribution in [0.15, 0.2) is 18.2 Å². The molecule has 7 nitrogen and oxygen atoms in total. The average Bonchev–Trinajstić information content (AvgIpc) is 2.36. The molecule has 0 aliphatic carbocycles. The first-order valence-electron chi connectivity index (χ1n) is 7.00. The van der Waals surface area contributed by atoms with Crippen molar-refractivity contribution in [3.8, 4) is 0 Å². The van der Waals surface area contributed by atoms with Crippen molar-refractivity contribution in [2.75, 3.05) is 17.2 Å². The van der Waals surface area contributed by atoms with Crippen LogP contribution in [0, 0.1) is 5.82 Å². The fourth-order valence-electron chi connectivity index (χ4n) is 1.66. The first kappa shape index (κ1) is 18.4. The Balaban J connectivity index is 2.58. The van der Waals surface area contributed by atoms with Crippen molar-refractivity contribution >= 4 is 29.2 Å². The second kappa shape index (κ2) is 7.57. The Labute approximate surface area is 134 Å². The molecule has 4 amide bonds. The Bertz CT molecular complexity index is 611. The van der Waals surface area contributed by atoms with Crippen molar-refractivity contribution < 1.29 is 18.8 Å². The summed E-state index contributed by atoms with van der Waals surface area (Å²) in [7, 11) is 0. The molecule has 4 N–H and O–H groups in total. The minimum atomic E-state index is -0.628. The fraction of sp³-hybridized carbons (Fsp3) is 0.400. The highest BCUT2D eigenvalue weighted by Crippen LogP contribution is 2.19. The van der Waals surface area contributed by atoms with Crippen LogP contribution >= 0.6 is 0 Å². The number of anilines is 2. The largest absolute Gasteiger partial charge is 0.374 e. The highest BCUT2D eigenvalue weighted by molar-refractivity contribution is 5.96. The first-order chi connectivity index (χ1) is 10.6. The van der Waals surface area contributed by atoms with E-state index in [1.165, 1.54) is 19.1 Å². The van der Waals surface area contributed by atoms with E-state index in [0.717, 1.165) is 6.07 Å². The molecule has 0 aromatic heterocycles. The number of nitrogens with one attached hydrogen (secondary N) is 4. The highest BCUT2D eigenvalue weighted by Gasteiger charge is 2.15. The van der Waals surface area contributed by atoms with E-state index in [1.807, 2.05) is 0 Å². The Morgan fingerprint density at radius 1 is 1.17 bits per heavy atom. The van der Waals surface area contributed by atoms with Crippen molar-refractivity contribution in [3.63, 3.8) is 0 Å². The minimum absolute atomic E-state index is 0.0441. The molecule has 0 fully saturated rings. The number of hydrogen-bond donors (Lipinski definition) is 4. The topological polar surface area (TPSA) is 99.3 Å². The maximum absolute atomic E-state index is 13.7. The number of rotatable bonds is 4. The molecule has 0 heterocycles. The lowest BCUT2D eigenvalue weighted by Crippen LogP contribution is -2.49. The van der Waals surface area contributed by atoms with Crippen molar-refractivity contribution in [1.82, 2.24) is 10.6 Å². The fourth-order valence-corrected chi connectivity index (χ4v) is 1.66. The van der Waals surface area contributed by atoms with Crippen molar-refractivity contribution in [3.05, 3.63) is 24.0 Å². The molecule has 0 aliphatic heterocycles. The summed E-state index contributed by atoms with van der Waals surface area (Å²) >= 11 is 0. The number of amides is 4. The molecule has 0 unspecified atom stereocenters. The quantitative estimate of drug-likeness (QED) is 0.679. The van der Waals surface area contributed by atoms with Gasteiger partial charge in [-0.2, -0.15) is 0 Å². The third-order valence-electron chi connectivity index (χ3n) is 2.47. The molecule has 1 rings (SSSR count). The van der Waals surface area contributed by atoms with Gasteiger partial charge in [-0.05, 0) is 39.0 Å². The zero-order chi connectivity index (χ0) is 17.6. The first-order valence-corrected chi connectivity index (χ1v) is 7.00. The smallest absolute Gasteiger partial charge is 0.321 e. The Kier molecular flexibility index (Phi) is 6.06. The SMILES string of the molecule is CC(=O)Nc1ccc(F)c(NCC(=O)NC(=O)NC(C)(C)C)c1. The van der Waals surface area contributed by atoms with Crippen LogP contribution in [-0.4, -0.2) is 29.9 Å². The summed E-state index contributed by atoms with van der Waals surface area (Å²) in [6.45, 7) is 6.37. The molecule has 0 aliphatic rings. The Hall–Kier alpha value is -2.64. The normalized spacial score (nSPS) is 10.7. The number of carbonyl (C=O) groups is 3.